The van der Waals surface area contributed by atoms with Gasteiger partial charge >= 0.3 is 6.03 Å². The summed E-state index contributed by atoms with van der Waals surface area (Å²) in [6.07, 6.45) is 0.393. The van der Waals surface area contributed by atoms with Gasteiger partial charge in [-0.1, -0.05) is 90.0 Å². The highest BCUT2D eigenvalue weighted by Gasteiger charge is 2.53. The molecule has 1 saturated heterocycles. The highest BCUT2D eigenvalue weighted by Crippen LogP contribution is 2.45. The number of nitrogens with one attached hydrogen (secondary N) is 2. The Morgan fingerprint density at radius 3 is 2.29 bits per heavy atom. The van der Waals surface area contributed by atoms with E-state index in [2.05, 4.69) is 16.4 Å². The van der Waals surface area contributed by atoms with Crippen molar-refractivity contribution in [3.63, 3.8) is 0 Å². The number of carbonyl (C=O) groups is 3. The molecule has 1 aromatic heterocycles. The van der Waals surface area contributed by atoms with E-state index in [4.69, 9.17) is 0 Å². The molecule has 2 aliphatic heterocycles. The number of aromatic nitrogens is 1. The minimum absolute atomic E-state index is 0.280. The number of rotatable bonds is 5. The van der Waals surface area contributed by atoms with Crippen LogP contribution in [-0.2, 0) is 17.8 Å². The van der Waals surface area contributed by atoms with Crippen LogP contribution in [0.4, 0.5) is 10.5 Å². The van der Waals surface area contributed by atoms with Crippen LogP contribution >= 0.6 is 0 Å². The Morgan fingerprint density at radius 1 is 0.857 bits per heavy atom. The van der Waals surface area contributed by atoms with E-state index in [1.54, 1.807) is 29.2 Å². The molecule has 2 N–H and O–H groups in total. The standard InChI is InChI=1S/C35H30N4O3/c1-21-11-15-23(16-12-21)20-36-33(40)26-8-4-6-10-29(26)39-34(41)30-19-27-25-7-3-5-9-28(25)37-31(27)32(38(30)35(39)42)24-17-13-22(2)14-18-24/h3-18,30,32,37H,19-20H2,1-2H3,(H,36,40)/t30-,32+/m0/s1. The molecule has 7 heteroatoms. The van der Waals surface area contributed by atoms with Crippen LogP contribution in [0.15, 0.2) is 97.1 Å². The Kier molecular flexibility index (Phi) is 6.16. The number of amides is 4. The lowest BCUT2D eigenvalue weighted by molar-refractivity contribution is -0.120. The highest BCUT2D eigenvalue weighted by molar-refractivity contribution is 6.24. The number of H-pyrrole nitrogens is 1. The average Bonchev–Trinajstić information content (AvgIpc) is 3.50. The van der Waals surface area contributed by atoms with E-state index < -0.39 is 18.1 Å². The number of para-hydroxylation sites is 2. The molecule has 0 aliphatic carbocycles. The van der Waals surface area contributed by atoms with Crippen LogP contribution in [0.5, 0.6) is 0 Å². The first kappa shape index (κ1) is 25.8. The number of anilines is 1. The molecular formula is C35H30N4O3. The van der Waals surface area contributed by atoms with Gasteiger partial charge in [0.2, 0.25) is 0 Å². The predicted molar refractivity (Wildman–Crippen MR) is 162 cm³/mol. The zero-order valence-electron chi connectivity index (χ0n) is 23.4. The zero-order chi connectivity index (χ0) is 29.0. The Labute approximate surface area is 243 Å². The lowest BCUT2D eigenvalue weighted by Crippen LogP contribution is -2.44. The van der Waals surface area contributed by atoms with Crippen LogP contribution in [-0.4, -0.2) is 33.8 Å². The Hall–Kier alpha value is -5.17. The summed E-state index contributed by atoms with van der Waals surface area (Å²) in [5.74, 6) is -0.672. The van der Waals surface area contributed by atoms with E-state index >= 15 is 0 Å². The van der Waals surface area contributed by atoms with Crippen molar-refractivity contribution >= 4 is 34.4 Å². The number of imide groups is 1. The Balaban J connectivity index is 1.27. The van der Waals surface area contributed by atoms with Gasteiger partial charge in [-0.2, -0.15) is 0 Å². The molecule has 0 spiro atoms. The van der Waals surface area contributed by atoms with Crippen molar-refractivity contribution in [2.45, 2.75) is 38.9 Å². The van der Waals surface area contributed by atoms with E-state index in [1.807, 2.05) is 80.6 Å². The molecule has 4 aromatic carbocycles. The lowest BCUT2D eigenvalue weighted by Gasteiger charge is -2.36. The molecule has 5 aromatic rings. The van der Waals surface area contributed by atoms with Gasteiger partial charge in [0, 0.05) is 29.6 Å². The molecule has 7 rings (SSSR count). The van der Waals surface area contributed by atoms with Gasteiger partial charge in [-0.15, -0.1) is 0 Å². The number of benzene rings is 4. The lowest BCUT2D eigenvalue weighted by atomic mass is 9.88. The number of carbonyl (C=O) groups excluding carboxylic acids is 3. The topological polar surface area (TPSA) is 85.5 Å². The molecule has 0 radical (unpaired) electrons. The number of aryl methyl sites for hydroxylation is 2. The summed E-state index contributed by atoms with van der Waals surface area (Å²) >= 11 is 0. The highest BCUT2D eigenvalue weighted by atomic mass is 16.2. The second kappa shape index (κ2) is 10.0. The van der Waals surface area contributed by atoms with Crippen LogP contribution in [0.2, 0.25) is 0 Å². The van der Waals surface area contributed by atoms with Crippen LogP contribution < -0.4 is 10.2 Å². The molecule has 0 saturated carbocycles. The van der Waals surface area contributed by atoms with Gasteiger partial charge in [0.1, 0.15) is 12.1 Å². The number of urea groups is 1. The Bertz CT molecular complexity index is 1860. The number of fused-ring (bicyclic) bond motifs is 4. The predicted octanol–water partition coefficient (Wildman–Crippen LogP) is 6.20. The maximum atomic E-state index is 14.3. The molecule has 0 bridgehead atoms. The van der Waals surface area contributed by atoms with Crippen molar-refractivity contribution in [3.8, 4) is 0 Å². The second-order valence-electron chi connectivity index (χ2n) is 11.1. The summed E-state index contributed by atoms with van der Waals surface area (Å²) in [6.45, 7) is 4.37. The van der Waals surface area contributed by atoms with Gasteiger partial charge in [0.25, 0.3) is 11.8 Å². The molecule has 7 nitrogen and oxygen atoms in total. The summed E-state index contributed by atoms with van der Waals surface area (Å²) in [4.78, 5) is 48.3. The molecule has 2 aliphatic rings. The van der Waals surface area contributed by atoms with Crippen LogP contribution in [0.25, 0.3) is 10.9 Å². The normalized spacial score (nSPS) is 17.9. The summed E-state index contributed by atoms with van der Waals surface area (Å²) < 4.78 is 0. The summed E-state index contributed by atoms with van der Waals surface area (Å²) in [5.41, 5.74) is 7.65. The fourth-order valence-corrected chi connectivity index (χ4v) is 6.24. The third-order valence-electron chi connectivity index (χ3n) is 8.41. The minimum Gasteiger partial charge on any atom is -0.356 e. The van der Waals surface area contributed by atoms with E-state index in [1.165, 1.54) is 4.90 Å². The van der Waals surface area contributed by atoms with Crippen LogP contribution in [0, 0.1) is 13.8 Å². The van der Waals surface area contributed by atoms with Crippen molar-refractivity contribution in [1.29, 1.82) is 0 Å². The fourth-order valence-electron chi connectivity index (χ4n) is 6.24. The van der Waals surface area contributed by atoms with Gasteiger partial charge in [0.15, 0.2) is 0 Å². The molecule has 1 fully saturated rings. The molecular weight excluding hydrogens is 524 g/mol. The first-order valence-corrected chi connectivity index (χ1v) is 14.2. The largest absolute Gasteiger partial charge is 0.356 e. The fraction of sp³-hybridized carbons (Fsp3) is 0.171. The smallest absolute Gasteiger partial charge is 0.332 e. The molecule has 2 atom stereocenters. The van der Waals surface area contributed by atoms with Gasteiger partial charge in [-0.3, -0.25) is 14.5 Å². The third-order valence-corrected chi connectivity index (χ3v) is 8.41. The van der Waals surface area contributed by atoms with Crippen molar-refractivity contribution in [2.75, 3.05) is 4.90 Å². The number of aromatic amines is 1. The van der Waals surface area contributed by atoms with E-state index in [0.29, 0.717) is 18.7 Å². The van der Waals surface area contributed by atoms with Gasteiger partial charge in [0.05, 0.1) is 11.3 Å². The van der Waals surface area contributed by atoms with E-state index in [0.717, 1.165) is 44.4 Å². The first-order valence-electron chi connectivity index (χ1n) is 14.2. The molecule has 0 unspecified atom stereocenters. The average molecular weight is 555 g/mol. The molecule has 208 valence electrons. The van der Waals surface area contributed by atoms with E-state index in [-0.39, 0.29) is 17.4 Å². The quantitative estimate of drug-likeness (QED) is 0.254. The summed E-state index contributed by atoms with van der Waals surface area (Å²) in [6, 6.07) is 29.3. The number of nitrogens with zero attached hydrogens (tertiary/aromatic N) is 2. The van der Waals surface area contributed by atoms with Crippen molar-refractivity contribution < 1.29 is 14.4 Å². The van der Waals surface area contributed by atoms with Crippen molar-refractivity contribution in [3.05, 3.63) is 136 Å². The minimum atomic E-state index is -0.695. The maximum Gasteiger partial charge on any atom is 0.332 e. The molecule has 4 amide bonds. The van der Waals surface area contributed by atoms with Gasteiger partial charge in [-0.05, 0) is 48.7 Å². The van der Waals surface area contributed by atoms with Gasteiger partial charge in [-0.25, -0.2) is 9.69 Å². The third kappa shape index (κ3) is 4.16. The van der Waals surface area contributed by atoms with E-state index in [9.17, 15) is 14.4 Å². The Morgan fingerprint density at radius 2 is 1.52 bits per heavy atom. The van der Waals surface area contributed by atoms with Crippen LogP contribution in [0.3, 0.4) is 0 Å². The summed E-state index contributed by atoms with van der Waals surface area (Å²) in [7, 11) is 0. The van der Waals surface area contributed by atoms with Crippen molar-refractivity contribution in [1.82, 2.24) is 15.2 Å². The first-order chi connectivity index (χ1) is 20.4. The van der Waals surface area contributed by atoms with Gasteiger partial charge < -0.3 is 10.3 Å². The SMILES string of the molecule is Cc1ccc(CNC(=O)c2ccccc2N2C(=O)[C@@H]3Cc4c([nH]c5ccccc45)[C@@H](c4ccc(C)cc4)N3C2=O)cc1. The molecule has 3 heterocycles. The molecule has 42 heavy (non-hydrogen) atoms. The number of hydrogen-bond acceptors (Lipinski definition) is 3. The van der Waals surface area contributed by atoms with Crippen LogP contribution in [0.1, 0.15) is 49.9 Å². The second-order valence-corrected chi connectivity index (χ2v) is 11.1. The zero-order valence-corrected chi connectivity index (χ0v) is 23.4. The summed E-state index contributed by atoms with van der Waals surface area (Å²) in [5, 5.41) is 4.01. The maximum absolute atomic E-state index is 14.3. The van der Waals surface area contributed by atoms with Crippen molar-refractivity contribution in [2.24, 2.45) is 0 Å². The number of hydrogen-bond donors (Lipinski definition) is 2. The monoisotopic (exact) mass is 554 g/mol.